The van der Waals surface area contributed by atoms with Gasteiger partial charge < -0.3 is 0 Å². The number of rotatable bonds is 3. The van der Waals surface area contributed by atoms with E-state index in [0.29, 0.717) is 0 Å². The molecule has 2 nitrogen and oxygen atoms in total. The summed E-state index contributed by atoms with van der Waals surface area (Å²) in [7, 11) is 0. The Morgan fingerprint density at radius 1 is 0.486 bits per heavy atom. The van der Waals surface area contributed by atoms with Gasteiger partial charge in [-0.05, 0) is 73.1 Å². The Morgan fingerprint density at radius 2 is 1.11 bits per heavy atom. The maximum absolute atomic E-state index is 4.58. The van der Waals surface area contributed by atoms with Gasteiger partial charge in [-0.1, -0.05) is 84.6 Å². The van der Waals surface area contributed by atoms with Crippen LogP contribution < -0.4 is 0 Å². The first-order valence-electron chi connectivity index (χ1n) is 11.7. The second-order valence-corrected chi connectivity index (χ2v) is 9.73. The van der Waals surface area contributed by atoms with Crippen molar-refractivity contribution < 1.29 is 0 Å². The molecule has 0 bridgehead atoms. The summed E-state index contributed by atoms with van der Waals surface area (Å²) in [4.78, 5) is 11.2. The maximum atomic E-state index is 4.58. The molecule has 2 aromatic heterocycles. The lowest BCUT2D eigenvalue weighted by atomic mass is 9.88. The number of pyridine rings is 2. The quantitative estimate of drug-likeness (QED) is 0.193. The summed E-state index contributed by atoms with van der Waals surface area (Å²) in [5.41, 5.74) is 2.48. The SMILES string of the molecule is c1ccc2c(c1)cc(-c1c3ccccc3c(Sc3ccncc3)c3ccncc13)c1ccccc12. The Kier molecular flexibility index (Phi) is 4.74. The van der Waals surface area contributed by atoms with Gasteiger partial charge >= 0.3 is 0 Å². The molecule has 0 amide bonds. The minimum atomic E-state index is 1.17. The highest BCUT2D eigenvalue weighted by molar-refractivity contribution is 7.99. The molecular formula is C32H20N2S. The molecule has 7 aromatic rings. The van der Waals surface area contributed by atoms with Gasteiger partial charge in [-0.2, -0.15) is 0 Å². The van der Waals surface area contributed by atoms with Crippen LogP contribution in [-0.2, 0) is 0 Å². The Bertz CT molecular complexity index is 1820. The highest BCUT2D eigenvalue weighted by Crippen LogP contribution is 2.47. The van der Waals surface area contributed by atoms with E-state index >= 15 is 0 Å². The van der Waals surface area contributed by atoms with Gasteiger partial charge in [0.25, 0.3) is 0 Å². The molecule has 0 saturated heterocycles. The second kappa shape index (κ2) is 8.23. The summed E-state index contributed by atoms with van der Waals surface area (Å²) in [6.45, 7) is 0. The number of fused-ring (bicyclic) bond motifs is 5. The van der Waals surface area contributed by atoms with Gasteiger partial charge in [0.05, 0.1) is 0 Å². The van der Waals surface area contributed by atoms with Crippen LogP contribution in [0.15, 0.2) is 132 Å². The summed E-state index contributed by atoms with van der Waals surface area (Å²) >= 11 is 1.79. The van der Waals surface area contributed by atoms with Crippen molar-refractivity contribution in [1.82, 2.24) is 9.97 Å². The van der Waals surface area contributed by atoms with Crippen LogP contribution in [0, 0.1) is 0 Å². The Hall–Kier alpha value is -4.21. The molecule has 0 aliphatic rings. The Balaban J connectivity index is 1.64. The van der Waals surface area contributed by atoms with Gasteiger partial charge in [0.1, 0.15) is 0 Å². The molecule has 5 aromatic carbocycles. The van der Waals surface area contributed by atoms with Crippen molar-refractivity contribution in [3.05, 3.63) is 122 Å². The smallest absolute Gasteiger partial charge is 0.0353 e. The predicted octanol–water partition coefficient (Wildman–Crippen LogP) is 8.91. The fraction of sp³-hybridized carbons (Fsp3) is 0. The van der Waals surface area contributed by atoms with Crippen LogP contribution >= 0.6 is 11.8 Å². The zero-order chi connectivity index (χ0) is 23.2. The van der Waals surface area contributed by atoms with Crippen LogP contribution in [-0.4, -0.2) is 9.97 Å². The third-order valence-corrected chi connectivity index (χ3v) is 7.83. The Morgan fingerprint density at radius 3 is 1.94 bits per heavy atom. The predicted molar refractivity (Wildman–Crippen MR) is 148 cm³/mol. The lowest BCUT2D eigenvalue weighted by Crippen LogP contribution is -1.92. The van der Waals surface area contributed by atoms with Crippen LogP contribution in [0.4, 0.5) is 0 Å². The van der Waals surface area contributed by atoms with Crippen molar-refractivity contribution >= 4 is 54.9 Å². The van der Waals surface area contributed by atoms with Gasteiger partial charge in [-0.25, -0.2) is 0 Å². The summed E-state index contributed by atoms with van der Waals surface area (Å²) in [6.07, 6.45) is 7.63. The van der Waals surface area contributed by atoms with Crippen molar-refractivity contribution in [3.8, 4) is 11.1 Å². The van der Waals surface area contributed by atoms with Crippen LogP contribution in [0.25, 0.3) is 54.2 Å². The zero-order valence-electron chi connectivity index (χ0n) is 18.8. The van der Waals surface area contributed by atoms with E-state index in [1.165, 1.54) is 64.0 Å². The molecule has 0 aliphatic heterocycles. The molecule has 0 spiro atoms. The first kappa shape index (κ1) is 20.2. The molecule has 35 heavy (non-hydrogen) atoms. The minimum absolute atomic E-state index is 1.17. The highest BCUT2D eigenvalue weighted by Gasteiger charge is 2.18. The average Bonchev–Trinajstić information content (AvgIpc) is 2.93. The van der Waals surface area contributed by atoms with Crippen molar-refractivity contribution in [1.29, 1.82) is 0 Å². The molecule has 0 N–H and O–H groups in total. The topological polar surface area (TPSA) is 25.8 Å². The Labute approximate surface area is 207 Å². The van der Waals surface area contributed by atoms with Crippen LogP contribution in [0.1, 0.15) is 0 Å². The number of hydrogen-bond acceptors (Lipinski definition) is 3. The van der Waals surface area contributed by atoms with E-state index in [-0.39, 0.29) is 0 Å². The molecule has 0 atom stereocenters. The number of benzene rings is 5. The molecular weight excluding hydrogens is 444 g/mol. The molecule has 0 radical (unpaired) electrons. The normalized spacial score (nSPS) is 11.5. The number of nitrogens with zero attached hydrogens (tertiary/aromatic N) is 2. The number of hydrogen-bond donors (Lipinski definition) is 0. The molecule has 0 fully saturated rings. The van der Waals surface area contributed by atoms with Crippen molar-refractivity contribution in [2.24, 2.45) is 0 Å². The number of aromatic nitrogens is 2. The lowest BCUT2D eigenvalue weighted by molar-refractivity contribution is 1.26. The molecule has 164 valence electrons. The summed E-state index contributed by atoms with van der Waals surface area (Å²) in [5.74, 6) is 0. The third-order valence-electron chi connectivity index (χ3n) is 6.68. The summed E-state index contributed by atoms with van der Waals surface area (Å²) < 4.78 is 0. The van der Waals surface area contributed by atoms with Crippen LogP contribution in [0.2, 0.25) is 0 Å². The zero-order valence-corrected chi connectivity index (χ0v) is 19.7. The molecule has 0 aliphatic carbocycles. The minimum Gasteiger partial charge on any atom is -0.265 e. The molecule has 7 rings (SSSR count). The third kappa shape index (κ3) is 3.28. The average molecular weight is 465 g/mol. The fourth-order valence-electron chi connectivity index (χ4n) is 5.17. The van der Waals surface area contributed by atoms with E-state index in [2.05, 4.69) is 107 Å². The van der Waals surface area contributed by atoms with E-state index in [0.717, 1.165) is 0 Å². The van der Waals surface area contributed by atoms with E-state index in [4.69, 9.17) is 0 Å². The van der Waals surface area contributed by atoms with Gasteiger partial charge in [0.15, 0.2) is 0 Å². The second-order valence-electron chi connectivity index (χ2n) is 8.65. The van der Waals surface area contributed by atoms with Gasteiger partial charge in [0, 0.05) is 40.0 Å². The molecule has 2 heterocycles. The highest BCUT2D eigenvalue weighted by atomic mass is 32.2. The monoisotopic (exact) mass is 464 g/mol. The van der Waals surface area contributed by atoms with E-state index in [9.17, 15) is 0 Å². The standard InChI is InChI=1S/C32H20N2S/c1-2-8-23-21(7-1)19-29(25-10-4-3-9-24(23)25)31-26-11-5-6-12-27(26)32(28-15-18-34-20-30(28)31)35-22-13-16-33-17-14-22/h1-20H. The van der Waals surface area contributed by atoms with Gasteiger partial charge in [-0.15, -0.1) is 0 Å². The van der Waals surface area contributed by atoms with Gasteiger partial charge in [0.2, 0.25) is 0 Å². The molecule has 3 heteroatoms. The fourth-order valence-corrected chi connectivity index (χ4v) is 6.24. The van der Waals surface area contributed by atoms with E-state index in [1.54, 1.807) is 11.8 Å². The van der Waals surface area contributed by atoms with Crippen molar-refractivity contribution in [2.75, 3.05) is 0 Å². The van der Waals surface area contributed by atoms with Crippen LogP contribution in [0.3, 0.4) is 0 Å². The molecule has 0 unspecified atom stereocenters. The molecule has 0 saturated carbocycles. The van der Waals surface area contributed by atoms with Crippen molar-refractivity contribution in [3.63, 3.8) is 0 Å². The van der Waals surface area contributed by atoms with Crippen molar-refractivity contribution in [2.45, 2.75) is 9.79 Å². The summed E-state index contributed by atoms with van der Waals surface area (Å²) in [6, 6.07) is 34.8. The maximum Gasteiger partial charge on any atom is 0.0353 e. The first-order valence-corrected chi connectivity index (χ1v) is 12.5. The van der Waals surface area contributed by atoms with Crippen LogP contribution in [0.5, 0.6) is 0 Å². The largest absolute Gasteiger partial charge is 0.265 e. The van der Waals surface area contributed by atoms with E-state index in [1.807, 2.05) is 24.8 Å². The van der Waals surface area contributed by atoms with Gasteiger partial charge in [-0.3, -0.25) is 9.97 Å². The summed E-state index contributed by atoms with van der Waals surface area (Å²) in [5, 5.41) is 9.94. The lowest BCUT2D eigenvalue weighted by Gasteiger charge is -2.18. The first-order chi connectivity index (χ1) is 17.4. The van der Waals surface area contributed by atoms with E-state index < -0.39 is 0 Å².